The molecule has 0 bridgehead atoms. The van der Waals surface area contributed by atoms with Gasteiger partial charge in [0.15, 0.2) is 0 Å². The molecule has 0 aromatic carbocycles. The summed E-state index contributed by atoms with van der Waals surface area (Å²) in [5.41, 5.74) is 0. The number of hydrogen-bond acceptors (Lipinski definition) is 7. The molecule has 0 saturated carbocycles. The van der Waals surface area contributed by atoms with Crippen molar-refractivity contribution in [3.63, 3.8) is 0 Å². The van der Waals surface area contributed by atoms with Crippen molar-refractivity contribution in [2.75, 3.05) is 26.2 Å². The molecule has 4 aliphatic rings. The first-order valence-electron chi connectivity index (χ1n) is 12.2. The van der Waals surface area contributed by atoms with Gasteiger partial charge in [-0.3, -0.25) is 19.2 Å². The van der Waals surface area contributed by atoms with Crippen LogP contribution in [0.5, 0.6) is 0 Å². The van der Waals surface area contributed by atoms with Crippen LogP contribution in [0, 0.1) is 5.92 Å². The predicted octanol–water partition coefficient (Wildman–Crippen LogP) is -0.982. The fourth-order valence-electron chi connectivity index (χ4n) is 5.59. The van der Waals surface area contributed by atoms with Gasteiger partial charge in [0, 0.05) is 26.1 Å². The maximum Gasteiger partial charge on any atom is 0.328 e. The second-order valence-electron chi connectivity index (χ2n) is 9.99. The average Bonchev–Trinajstić information content (AvgIpc) is 3.40. The summed E-state index contributed by atoms with van der Waals surface area (Å²) in [6.45, 7) is 4.12. The number of rotatable bonds is 0. The van der Waals surface area contributed by atoms with Gasteiger partial charge in [0.25, 0.3) is 0 Å². The normalized spacial score (nSPS) is 36.1. The molecular weight excluding hydrogens is 444 g/mol. The summed E-state index contributed by atoms with van der Waals surface area (Å²) in [7, 11) is 0. The lowest BCUT2D eigenvalue weighted by molar-refractivity contribution is -0.156. The van der Waals surface area contributed by atoms with E-state index in [9.17, 15) is 29.1 Å². The number of nitrogens with one attached hydrogen (secondary N) is 1. The Morgan fingerprint density at radius 1 is 0.882 bits per heavy atom. The number of piperidine rings is 1. The molecule has 11 heteroatoms. The number of aliphatic hydroxyl groups excluding tert-OH is 1. The van der Waals surface area contributed by atoms with E-state index in [2.05, 4.69) is 5.32 Å². The summed E-state index contributed by atoms with van der Waals surface area (Å²) in [6, 6.07) is -3.26. The van der Waals surface area contributed by atoms with Crippen molar-refractivity contribution in [2.24, 2.45) is 5.92 Å². The Balaban J connectivity index is 1.63. The van der Waals surface area contributed by atoms with Gasteiger partial charge in [0.05, 0.1) is 12.5 Å². The molecule has 2 N–H and O–H groups in total. The minimum atomic E-state index is -0.871. The van der Waals surface area contributed by atoms with Crippen molar-refractivity contribution in [1.29, 1.82) is 0 Å². The molecule has 34 heavy (non-hydrogen) atoms. The zero-order chi connectivity index (χ0) is 24.6. The monoisotopic (exact) mass is 478 g/mol. The molecule has 4 fully saturated rings. The Kier molecular flexibility index (Phi) is 7.11. The lowest BCUT2D eigenvalue weighted by Gasteiger charge is -2.38. The lowest BCUT2D eigenvalue weighted by Crippen LogP contribution is -2.59. The molecule has 4 amide bonds. The second-order valence-corrected chi connectivity index (χ2v) is 9.99. The van der Waals surface area contributed by atoms with Gasteiger partial charge in [-0.2, -0.15) is 0 Å². The van der Waals surface area contributed by atoms with Crippen LogP contribution in [0.25, 0.3) is 0 Å². The number of aliphatic hydroxyl groups is 1. The van der Waals surface area contributed by atoms with Crippen LogP contribution in [0.1, 0.15) is 52.4 Å². The molecule has 11 nitrogen and oxygen atoms in total. The van der Waals surface area contributed by atoms with Gasteiger partial charge in [0.1, 0.15) is 30.8 Å². The van der Waals surface area contributed by atoms with Gasteiger partial charge >= 0.3 is 5.97 Å². The molecular formula is C23H34N4O7. The summed E-state index contributed by atoms with van der Waals surface area (Å²) in [5.74, 6) is -2.06. The Morgan fingerprint density at radius 2 is 1.65 bits per heavy atom. The highest BCUT2D eigenvalue weighted by molar-refractivity contribution is 5.95. The van der Waals surface area contributed by atoms with Gasteiger partial charge < -0.3 is 29.9 Å². The fraction of sp³-hybridized carbons (Fsp3) is 0.783. The van der Waals surface area contributed by atoms with Crippen molar-refractivity contribution in [3.8, 4) is 0 Å². The van der Waals surface area contributed by atoms with Gasteiger partial charge in [0.2, 0.25) is 23.6 Å². The molecule has 4 aliphatic heterocycles. The molecule has 0 aromatic rings. The number of ether oxygens (including phenoxy) is 1. The molecule has 188 valence electrons. The molecule has 6 atom stereocenters. The van der Waals surface area contributed by atoms with Gasteiger partial charge in [-0.1, -0.05) is 6.92 Å². The summed E-state index contributed by atoms with van der Waals surface area (Å²) in [4.78, 5) is 69.7. The topological polar surface area (TPSA) is 137 Å². The van der Waals surface area contributed by atoms with E-state index in [4.69, 9.17) is 4.74 Å². The molecule has 4 unspecified atom stereocenters. The SMILES string of the molecule is CC1NC(=O)C2CCCCN2C(=O)C2C[C@@H](O)CN2C(=O)CCOC(=O)C2C[C@@H](C)CN2C1=O. The van der Waals surface area contributed by atoms with E-state index in [0.717, 1.165) is 12.8 Å². The van der Waals surface area contributed by atoms with Crippen LogP contribution in [-0.4, -0.2) is 106 Å². The molecule has 0 spiro atoms. The third-order valence-electron chi connectivity index (χ3n) is 7.33. The molecule has 4 heterocycles. The minimum Gasteiger partial charge on any atom is -0.464 e. The third kappa shape index (κ3) is 4.75. The van der Waals surface area contributed by atoms with Crippen LogP contribution in [0.2, 0.25) is 0 Å². The smallest absolute Gasteiger partial charge is 0.328 e. The van der Waals surface area contributed by atoms with Crippen molar-refractivity contribution < 1.29 is 33.8 Å². The number of esters is 1. The van der Waals surface area contributed by atoms with Crippen LogP contribution in [-0.2, 0) is 28.7 Å². The number of hydrogen-bond donors (Lipinski definition) is 2. The van der Waals surface area contributed by atoms with Crippen molar-refractivity contribution >= 4 is 29.6 Å². The van der Waals surface area contributed by atoms with Crippen LogP contribution in [0.3, 0.4) is 0 Å². The zero-order valence-corrected chi connectivity index (χ0v) is 19.8. The maximum absolute atomic E-state index is 13.5. The zero-order valence-electron chi connectivity index (χ0n) is 19.8. The maximum atomic E-state index is 13.5. The first-order chi connectivity index (χ1) is 16.2. The van der Waals surface area contributed by atoms with E-state index in [-0.39, 0.29) is 43.7 Å². The number of amides is 4. The molecule has 0 aliphatic carbocycles. The summed E-state index contributed by atoms with van der Waals surface area (Å²) in [5, 5.41) is 12.9. The summed E-state index contributed by atoms with van der Waals surface area (Å²) >= 11 is 0. The highest BCUT2D eigenvalue weighted by atomic mass is 16.5. The highest BCUT2D eigenvalue weighted by Gasteiger charge is 2.45. The molecule has 0 aromatic heterocycles. The van der Waals surface area contributed by atoms with Crippen LogP contribution in [0.15, 0.2) is 0 Å². The molecule has 4 saturated heterocycles. The van der Waals surface area contributed by atoms with E-state index in [1.54, 1.807) is 6.92 Å². The Labute approximate surface area is 198 Å². The van der Waals surface area contributed by atoms with Gasteiger partial charge in [-0.05, 0) is 38.5 Å². The number of cyclic esters (lactones) is 1. The van der Waals surface area contributed by atoms with E-state index in [0.29, 0.717) is 25.9 Å². The van der Waals surface area contributed by atoms with Crippen molar-refractivity contribution in [3.05, 3.63) is 0 Å². The lowest BCUT2D eigenvalue weighted by atomic mass is 9.99. The Hall–Kier alpha value is -2.69. The van der Waals surface area contributed by atoms with Crippen LogP contribution in [0.4, 0.5) is 0 Å². The quantitative estimate of drug-likeness (QED) is 0.427. The first kappa shape index (κ1) is 24.4. The van der Waals surface area contributed by atoms with Crippen LogP contribution < -0.4 is 5.32 Å². The van der Waals surface area contributed by atoms with Gasteiger partial charge in [-0.25, -0.2) is 4.79 Å². The summed E-state index contributed by atoms with van der Waals surface area (Å²) < 4.78 is 5.34. The number of carbonyl (C=O) groups is 5. The van der Waals surface area contributed by atoms with E-state index >= 15 is 0 Å². The highest BCUT2D eigenvalue weighted by Crippen LogP contribution is 2.27. The van der Waals surface area contributed by atoms with E-state index in [1.165, 1.54) is 14.7 Å². The molecule has 4 rings (SSSR count). The van der Waals surface area contributed by atoms with Crippen molar-refractivity contribution in [1.82, 2.24) is 20.0 Å². The second kappa shape index (κ2) is 9.89. The predicted molar refractivity (Wildman–Crippen MR) is 118 cm³/mol. The fourth-order valence-corrected chi connectivity index (χ4v) is 5.59. The molecule has 0 radical (unpaired) electrons. The van der Waals surface area contributed by atoms with E-state index < -0.39 is 48.1 Å². The number of nitrogens with zero attached hydrogens (tertiary/aromatic N) is 3. The van der Waals surface area contributed by atoms with Crippen LogP contribution >= 0.6 is 0 Å². The van der Waals surface area contributed by atoms with Crippen molar-refractivity contribution in [2.45, 2.75) is 82.6 Å². The Morgan fingerprint density at radius 3 is 2.41 bits per heavy atom. The number of fused-ring (bicyclic) bond motifs is 3. The van der Waals surface area contributed by atoms with Gasteiger partial charge in [-0.15, -0.1) is 0 Å². The third-order valence-corrected chi connectivity index (χ3v) is 7.33. The Bertz CT molecular complexity index is 864. The first-order valence-corrected chi connectivity index (χ1v) is 12.2. The summed E-state index contributed by atoms with van der Waals surface area (Å²) in [6.07, 6.45) is 1.53. The average molecular weight is 479 g/mol. The minimum absolute atomic E-state index is 0.0212. The number of carbonyl (C=O) groups excluding carboxylic acids is 5. The largest absolute Gasteiger partial charge is 0.464 e. The van der Waals surface area contributed by atoms with E-state index in [1.807, 2.05) is 6.92 Å². The standard InChI is InChI=1S/C23H34N4O7/c1-13-9-18-23(33)34-8-6-19(29)26-12-15(28)10-17(26)22(32)25-7-4-3-5-16(25)20(30)24-14(2)21(31)27(18)11-13/h13-18,28H,3-12H2,1-2H3,(H,24,30)/t13-,14?,15-,16?,17?,18?/m1/s1.